The van der Waals surface area contributed by atoms with Crippen LogP contribution in [-0.4, -0.2) is 25.1 Å². The van der Waals surface area contributed by atoms with E-state index in [1.54, 1.807) is 50.6 Å². The molecule has 0 aromatic heterocycles. The van der Waals surface area contributed by atoms with E-state index in [1.165, 1.54) is 12.1 Å². The first kappa shape index (κ1) is 16.1. The van der Waals surface area contributed by atoms with Crippen molar-refractivity contribution in [2.24, 2.45) is 0 Å². The molecule has 22 heavy (non-hydrogen) atoms. The number of hydrogen-bond acceptors (Lipinski definition) is 4. The molecule has 2 aromatic carbocycles. The molecule has 0 spiro atoms. The van der Waals surface area contributed by atoms with E-state index in [4.69, 9.17) is 9.47 Å². The number of rotatable bonds is 5. The van der Waals surface area contributed by atoms with Crippen molar-refractivity contribution < 1.29 is 19.4 Å². The quantitative estimate of drug-likeness (QED) is 0.643. The summed E-state index contributed by atoms with van der Waals surface area (Å²) in [6.45, 7) is 0. The molecule has 0 fully saturated rings. The number of ketones is 1. The molecule has 1 N–H and O–H groups in total. The van der Waals surface area contributed by atoms with E-state index in [-0.39, 0.29) is 17.1 Å². The van der Waals surface area contributed by atoms with Crippen molar-refractivity contribution in [2.45, 2.75) is 0 Å². The average Bonchev–Trinajstić information content (AvgIpc) is 2.54. The van der Waals surface area contributed by atoms with Crippen LogP contribution in [0.2, 0.25) is 0 Å². The Balaban J connectivity index is 2.31. The van der Waals surface area contributed by atoms with Crippen LogP contribution in [0.25, 0.3) is 6.08 Å². The monoisotopic (exact) mass is 362 g/mol. The lowest BCUT2D eigenvalue weighted by Crippen LogP contribution is -1.95. The number of allylic oxidation sites excluding steroid dienone is 1. The number of phenolic OH excluding ortho intramolecular Hbond substituents is 1. The average molecular weight is 363 g/mol. The molecule has 0 saturated heterocycles. The molecule has 2 aromatic rings. The molecule has 2 rings (SSSR count). The van der Waals surface area contributed by atoms with Crippen molar-refractivity contribution in [2.75, 3.05) is 14.2 Å². The van der Waals surface area contributed by atoms with Crippen molar-refractivity contribution in [3.05, 3.63) is 58.1 Å². The molecule has 0 amide bonds. The first-order valence-corrected chi connectivity index (χ1v) is 7.27. The third-order valence-corrected chi connectivity index (χ3v) is 3.57. The van der Waals surface area contributed by atoms with E-state index in [9.17, 15) is 9.90 Å². The van der Waals surface area contributed by atoms with E-state index in [2.05, 4.69) is 15.9 Å². The van der Waals surface area contributed by atoms with Gasteiger partial charge in [-0.2, -0.15) is 0 Å². The second kappa shape index (κ2) is 7.13. The molecular formula is C17H15BrO4. The van der Waals surface area contributed by atoms with Gasteiger partial charge in [0.1, 0.15) is 17.2 Å². The van der Waals surface area contributed by atoms with Gasteiger partial charge in [0.15, 0.2) is 5.78 Å². The third-order valence-electron chi connectivity index (χ3n) is 3.08. The smallest absolute Gasteiger partial charge is 0.189 e. The maximum atomic E-state index is 12.2. The summed E-state index contributed by atoms with van der Waals surface area (Å²) < 4.78 is 11.1. The van der Waals surface area contributed by atoms with Crippen molar-refractivity contribution in [3.63, 3.8) is 0 Å². The van der Waals surface area contributed by atoms with Gasteiger partial charge in [-0.3, -0.25) is 4.79 Å². The molecule has 0 radical (unpaired) electrons. The molecule has 0 atom stereocenters. The van der Waals surface area contributed by atoms with Crippen molar-refractivity contribution in [1.29, 1.82) is 0 Å². The first-order valence-electron chi connectivity index (χ1n) is 6.48. The zero-order valence-electron chi connectivity index (χ0n) is 12.2. The molecule has 0 bridgehead atoms. The van der Waals surface area contributed by atoms with E-state index in [0.29, 0.717) is 17.1 Å². The molecular weight excluding hydrogens is 348 g/mol. The van der Waals surface area contributed by atoms with Gasteiger partial charge < -0.3 is 14.6 Å². The largest absolute Gasteiger partial charge is 0.507 e. The van der Waals surface area contributed by atoms with Gasteiger partial charge in [-0.15, -0.1) is 0 Å². The number of phenols is 1. The molecule has 5 heteroatoms. The summed E-state index contributed by atoms with van der Waals surface area (Å²) in [5.41, 5.74) is 0.942. The number of carbonyl (C=O) groups is 1. The van der Waals surface area contributed by atoms with Gasteiger partial charge >= 0.3 is 0 Å². The van der Waals surface area contributed by atoms with E-state index in [0.717, 1.165) is 4.47 Å². The predicted octanol–water partition coefficient (Wildman–Crippen LogP) is 4.07. The number of aromatic hydroxyl groups is 1. The van der Waals surface area contributed by atoms with Gasteiger partial charge in [0.05, 0.1) is 19.8 Å². The van der Waals surface area contributed by atoms with Crippen LogP contribution in [0.15, 0.2) is 46.9 Å². The van der Waals surface area contributed by atoms with Crippen molar-refractivity contribution in [3.8, 4) is 17.2 Å². The molecule has 0 heterocycles. The van der Waals surface area contributed by atoms with Crippen LogP contribution in [0.5, 0.6) is 17.2 Å². The Bertz CT molecular complexity index is 723. The van der Waals surface area contributed by atoms with Crippen LogP contribution < -0.4 is 9.47 Å². The summed E-state index contributed by atoms with van der Waals surface area (Å²) in [5.74, 6) is 0.931. The lowest BCUT2D eigenvalue weighted by Gasteiger charge is -2.07. The summed E-state index contributed by atoms with van der Waals surface area (Å²) in [6, 6.07) is 10.0. The number of carbonyl (C=O) groups excluding carboxylic acids is 1. The van der Waals surface area contributed by atoms with Crippen molar-refractivity contribution in [1.82, 2.24) is 0 Å². The van der Waals surface area contributed by atoms with Gasteiger partial charge in [0, 0.05) is 10.0 Å². The number of ether oxygens (including phenoxy) is 2. The standard InChI is InChI=1S/C17H15BrO4/c1-21-13-5-8-17(22-2)11(9-13)3-6-15(19)14-10-12(18)4-7-16(14)20/h3-10,20H,1-2H3/b6-3+. The minimum atomic E-state index is -0.302. The lowest BCUT2D eigenvalue weighted by atomic mass is 10.1. The zero-order chi connectivity index (χ0) is 16.1. The van der Waals surface area contributed by atoms with Crippen LogP contribution in [-0.2, 0) is 0 Å². The summed E-state index contributed by atoms with van der Waals surface area (Å²) in [6.07, 6.45) is 3.02. The molecule has 0 aliphatic rings. The Kier molecular flexibility index (Phi) is 5.22. The number of halogens is 1. The number of benzene rings is 2. The van der Waals surface area contributed by atoms with Crippen LogP contribution in [0.4, 0.5) is 0 Å². The topological polar surface area (TPSA) is 55.8 Å². The Labute approximate surface area is 137 Å². The lowest BCUT2D eigenvalue weighted by molar-refractivity contribution is 0.104. The highest BCUT2D eigenvalue weighted by molar-refractivity contribution is 9.10. The summed E-state index contributed by atoms with van der Waals surface area (Å²) in [4.78, 5) is 12.2. The van der Waals surface area contributed by atoms with E-state index >= 15 is 0 Å². The Morgan fingerprint density at radius 1 is 1.14 bits per heavy atom. The maximum Gasteiger partial charge on any atom is 0.189 e. The van der Waals surface area contributed by atoms with Gasteiger partial charge in [-0.25, -0.2) is 0 Å². The summed E-state index contributed by atoms with van der Waals surface area (Å²) in [7, 11) is 3.13. The summed E-state index contributed by atoms with van der Waals surface area (Å²) >= 11 is 3.28. The zero-order valence-corrected chi connectivity index (χ0v) is 13.8. The van der Waals surface area contributed by atoms with Crippen LogP contribution in [0.3, 0.4) is 0 Å². The highest BCUT2D eigenvalue weighted by atomic mass is 79.9. The molecule has 0 aliphatic heterocycles. The van der Waals surface area contributed by atoms with Crippen LogP contribution in [0.1, 0.15) is 15.9 Å². The van der Waals surface area contributed by atoms with E-state index in [1.807, 2.05) is 0 Å². The molecule has 0 saturated carbocycles. The molecule has 0 aliphatic carbocycles. The maximum absolute atomic E-state index is 12.2. The highest BCUT2D eigenvalue weighted by Crippen LogP contribution is 2.26. The van der Waals surface area contributed by atoms with Crippen LogP contribution in [0, 0.1) is 0 Å². The predicted molar refractivity (Wildman–Crippen MR) is 88.7 cm³/mol. The van der Waals surface area contributed by atoms with Gasteiger partial charge in [-0.1, -0.05) is 15.9 Å². The Morgan fingerprint density at radius 2 is 1.91 bits per heavy atom. The fourth-order valence-corrected chi connectivity index (χ4v) is 2.29. The molecule has 4 nitrogen and oxygen atoms in total. The highest BCUT2D eigenvalue weighted by Gasteiger charge is 2.09. The fraction of sp³-hybridized carbons (Fsp3) is 0.118. The second-order valence-corrected chi connectivity index (χ2v) is 5.38. The Hall–Kier alpha value is -2.27. The first-order chi connectivity index (χ1) is 10.5. The SMILES string of the molecule is COc1ccc(OC)c(/C=C/C(=O)c2cc(Br)ccc2O)c1. The molecule has 0 unspecified atom stereocenters. The van der Waals surface area contributed by atoms with Gasteiger partial charge in [0.25, 0.3) is 0 Å². The van der Waals surface area contributed by atoms with Gasteiger partial charge in [0.2, 0.25) is 0 Å². The Morgan fingerprint density at radius 3 is 2.59 bits per heavy atom. The number of methoxy groups -OCH3 is 2. The number of hydrogen-bond donors (Lipinski definition) is 1. The third kappa shape index (κ3) is 3.68. The minimum absolute atomic E-state index is 0.0598. The minimum Gasteiger partial charge on any atom is -0.507 e. The van der Waals surface area contributed by atoms with Gasteiger partial charge in [-0.05, 0) is 48.6 Å². The second-order valence-electron chi connectivity index (χ2n) is 4.47. The van der Waals surface area contributed by atoms with Crippen molar-refractivity contribution >= 4 is 27.8 Å². The fourth-order valence-electron chi connectivity index (χ4n) is 1.93. The summed E-state index contributed by atoms with van der Waals surface area (Å²) in [5, 5.41) is 9.77. The molecule has 114 valence electrons. The van der Waals surface area contributed by atoms with Crippen LogP contribution >= 0.6 is 15.9 Å². The normalized spacial score (nSPS) is 10.7. The van der Waals surface area contributed by atoms with E-state index < -0.39 is 0 Å².